The van der Waals surface area contributed by atoms with Gasteiger partial charge in [0.15, 0.2) is 6.29 Å². The predicted octanol–water partition coefficient (Wildman–Crippen LogP) is 3.06. The van der Waals surface area contributed by atoms with Crippen molar-refractivity contribution in [1.82, 2.24) is 0 Å². The molecule has 2 aromatic rings. The summed E-state index contributed by atoms with van der Waals surface area (Å²) in [4.78, 5) is 23.5. The minimum absolute atomic E-state index is 0.126. The molecule has 1 saturated heterocycles. The average molecular weight is 374 g/mol. The molecule has 144 valence electrons. The number of benzene rings is 2. The summed E-state index contributed by atoms with van der Waals surface area (Å²) in [6.45, 7) is 0.297. The fraction of sp³-hybridized carbons (Fsp3) is 0.400. The van der Waals surface area contributed by atoms with Gasteiger partial charge in [0.25, 0.3) is 5.60 Å². The third-order valence-electron chi connectivity index (χ3n) is 4.62. The number of carbonyl (C=O) groups is 2. The molecule has 2 aromatic carbocycles. The Morgan fingerprint density at radius 3 is 2.52 bits per heavy atom. The summed E-state index contributed by atoms with van der Waals surface area (Å²) in [5.74, 6) is -2.57. The fourth-order valence-electron chi connectivity index (χ4n) is 3.12. The van der Waals surface area contributed by atoms with Gasteiger partial charge in [0.1, 0.15) is 5.75 Å². The lowest BCUT2D eigenvalue weighted by Gasteiger charge is -2.32. The van der Waals surface area contributed by atoms with E-state index < -0.39 is 23.8 Å². The number of aliphatic carboxylic acids is 2. The Kier molecular flexibility index (Phi) is 5.93. The van der Waals surface area contributed by atoms with E-state index in [2.05, 4.69) is 0 Å². The molecule has 7 nitrogen and oxygen atoms in total. The van der Waals surface area contributed by atoms with E-state index in [4.69, 9.17) is 14.2 Å². The lowest BCUT2D eigenvalue weighted by Crippen LogP contribution is -2.53. The summed E-state index contributed by atoms with van der Waals surface area (Å²) in [7, 11) is 0. The van der Waals surface area contributed by atoms with Crippen LogP contribution in [0.25, 0.3) is 10.8 Å². The van der Waals surface area contributed by atoms with E-state index in [1.54, 1.807) is 6.07 Å². The molecule has 0 aromatic heterocycles. The van der Waals surface area contributed by atoms with Crippen molar-refractivity contribution in [1.29, 1.82) is 0 Å². The molecule has 1 fully saturated rings. The van der Waals surface area contributed by atoms with Gasteiger partial charge >= 0.3 is 11.9 Å². The van der Waals surface area contributed by atoms with Crippen LogP contribution in [0.3, 0.4) is 0 Å². The van der Waals surface area contributed by atoms with Gasteiger partial charge in [-0.1, -0.05) is 36.4 Å². The Morgan fingerprint density at radius 1 is 1.07 bits per heavy atom. The first-order chi connectivity index (χ1) is 13.0. The van der Waals surface area contributed by atoms with Gasteiger partial charge in [-0.15, -0.1) is 0 Å². The SMILES string of the molecule is O=C(O)C(CCOc1cccc2ccccc12)(OC1CCCCO1)C(=O)O. The van der Waals surface area contributed by atoms with Crippen molar-refractivity contribution in [3.8, 4) is 5.75 Å². The van der Waals surface area contributed by atoms with Crippen LogP contribution in [0.15, 0.2) is 42.5 Å². The predicted molar refractivity (Wildman–Crippen MR) is 96.7 cm³/mol. The minimum Gasteiger partial charge on any atom is -0.493 e. The second-order valence-electron chi connectivity index (χ2n) is 6.43. The third kappa shape index (κ3) is 4.20. The summed E-state index contributed by atoms with van der Waals surface area (Å²) >= 11 is 0. The van der Waals surface area contributed by atoms with E-state index in [1.807, 2.05) is 36.4 Å². The van der Waals surface area contributed by atoms with Gasteiger partial charge in [-0.3, -0.25) is 0 Å². The van der Waals surface area contributed by atoms with Crippen LogP contribution in [0.5, 0.6) is 5.75 Å². The first-order valence-electron chi connectivity index (χ1n) is 8.90. The van der Waals surface area contributed by atoms with Gasteiger partial charge in [-0.05, 0) is 30.7 Å². The molecule has 0 bridgehead atoms. The number of ether oxygens (including phenoxy) is 3. The zero-order valence-electron chi connectivity index (χ0n) is 14.8. The van der Waals surface area contributed by atoms with Gasteiger partial charge in [0, 0.05) is 18.4 Å². The van der Waals surface area contributed by atoms with E-state index in [0.29, 0.717) is 18.8 Å². The highest BCUT2D eigenvalue weighted by Crippen LogP contribution is 2.28. The van der Waals surface area contributed by atoms with E-state index in [0.717, 1.165) is 23.6 Å². The number of fused-ring (bicyclic) bond motifs is 1. The fourth-order valence-corrected chi connectivity index (χ4v) is 3.12. The van der Waals surface area contributed by atoms with Crippen molar-refractivity contribution in [2.75, 3.05) is 13.2 Å². The van der Waals surface area contributed by atoms with Crippen LogP contribution in [0.4, 0.5) is 0 Å². The number of carboxylic acids is 2. The molecule has 0 saturated carbocycles. The molecule has 0 amide bonds. The Bertz CT molecular complexity index is 792. The number of hydrogen-bond donors (Lipinski definition) is 2. The van der Waals surface area contributed by atoms with Crippen molar-refractivity contribution in [2.24, 2.45) is 0 Å². The minimum atomic E-state index is -2.41. The smallest absolute Gasteiger partial charge is 0.348 e. The highest BCUT2D eigenvalue weighted by atomic mass is 16.7. The molecule has 7 heteroatoms. The summed E-state index contributed by atoms with van der Waals surface area (Å²) in [5.41, 5.74) is -2.41. The van der Waals surface area contributed by atoms with Crippen LogP contribution in [0, 0.1) is 0 Å². The molecule has 3 rings (SSSR count). The van der Waals surface area contributed by atoms with Gasteiger partial charge in [0.05, 0.1) is 6.61 Å². The summed E-state index contributed by atoms with van der Waals surface area (Å²) < 4.78 is 16.5. The average Bonchev–Trinajstić information content (AvgIpc) is 2.67. The first kappa shape index (κ1) is 19.1. The van der Waals surface area contributed by atoms with Crippen LogP contribution in [0.2, 0.25) is 0 Å². The van der Waals surface area contributed by atoms with Crippen LogP contribution >= 0.6 is 0 Å². The molecule has 1 aliphatic heterocycles. The van der Waals surface area contributed by atoms with Crippen molar-refractivity contribution >= 4 is 22.7 Å². The summed E-state index contributed by atoms with van der Waals surface area (Å²) in [6.07, 6.45) is 0.917. The largest absolute Gasteiger partial charge is 0.493 e. The molecular formula is C20H22O7. The molecule has 2 N–H and O–H groups in total. The molecular weight excluding hydrogens is 352 g/mol. The first-order valence-corrected chi connectivity index (χ1v) is 8.90. The Morgan fingerprint density at radius 2 is 1.81 bits per heavy atom. The second kappa shape index (κ2) is 8.37. The maximum atomic E-state index is 11.8. The van der Waals surface area contributed by atoms with Gasteiger partial charge < -0.3 is 24.4 Å². The molecule has 1 unspecified atom stereocenters. The van der Waals surface area contributed by atoms with Crippen LogP contribution in [-0.2, 0) is 19.1 Å². The highest BCUT2D eigenvalue weighted by Gasteiger charge is 2.50. The highest BCUT2D eigenvalue weighted by molar-refractivity contribution is 6.01. The zero-order valence-corrected chi connectivity index (χ0v) is 14.8. The van der Waals surface area contributed by atoms with Gasteiger partial charge in [-0.25, -0.2) is 9.59 Å². The van der Waals surface area contributed by atoms with E-state index in [9.17, 15) is 19.8 Å². The topological polar surface area (TPSA) is 102 Å². The molecule has 1 atom stereocenters. The third-order valence-corrected chi connectivity index (χ3v) is 4.62. The standard InChI is InChI=1S/C20H22O7/c21-18(22)20(19(23)24,27-17-10-3-4-12-26-17)11-13-25-16-9-5-7-14-6-1-2-8-15(14)16/h1-2,5-9,17H,3-4,10-13H2,(H,21,22)(H,23,24). The maximum Gasteiger partial charge on any atom is 0.348 e. The van der Waals surface area contributed by atoms with Crippen LogP contribution in [-0.4, -0.2) is 47.3 Å². The molecule has 1 aliphatic rings. The maximum absolute atomic E-state index is 11.8. The number of carboxylic acid groups (broad SMARTS) is 2. The van der Waals surface area contributed by atoms with Crippen LogP contribution < -0.4 is 4.74 Å². The molecule has 0 spiro atoms. The quantitative estimate of drug-likeness (QED) is 0.685. The number of rotatable bonds is 8. The van der Waals surface area contributed by atoms with Gasteiger partial charge in [0.2, 0.25) is 0 Å². The Labute approximate surface area is 156 Å². The molecule has 0 aliphatic carbocycles. The van der Waals surface area contributed by atoms with Gasteiger partial charge in [-0.2, -0.15) is 0 Å². The van der Waals surface area contributed by atoms with E-state index in [1.165, 1.54) is 0 Å². The molecule has 0 radical (unpaired) electrons. The summed E-state index contributed by atoms with van der Waals surface area (Å²) in [5, 5.41) is 21.0. The van der Waals surface area contributed by atoms with Crippen molar-refractivity contribution in [3.63, 3.8) is 0 Å². The Hall–Kier alpha value is -2.64. The summed E-state index contributed by atoms with van der Waals surface area (Å²) in [6, 6.07) is 13.1. The molecule has 1 heterocycles. The normalized spacial score (nSPS) is 17.6. The van der Waals surface area contributed by atoms with E-state index in [-0.39, 0.29) is 13.0 Å². The Balaban J connectivity index is 1.74. The lowest BCUT2D eigenvalue weighted by atomic mass is 10.00. The molecule has 27 heavy (non-hydrogen) atoms. The monoisotopic (exact) mass is 374 g/mol. The lowest BCUT2D eigenvalue weighted by molar-refractivity contribution is -0.238. The van der Waals surface area contributed by atoms with Crippen molar-refractivity contribution < 1.29 is 34.0 Å². The zero-order chi connectivity index (χ0) is 19.3. The van der Waals surface area contributed by atoms with E-state index >= 15 is 0 Å². The second-order valence-corrected chi connectivity index (χ2v) is 6.43. The van der Waals surface area contributed by atoms with Crippen LogP contribution in [0.1, 0.15) is 25.7 Å². The number of hydrogen-bond acceptors (Lipinski definition) is 5. The van der Waals surface area contributed by atoms with Crippen molar-refractivity contribution in [3.05, 3.63) is 42.5 Å². The van der Waals surface area contributed by atoms with Crippen molar-refractivity contribution in [2.45, 2.75) is 37.6 Å².